The van der Waals surface area contributed by atoms with Crippen LogP contribution in [0.25, 0.3) is 0 Å². The molecular weight excluding hydrogens is 357 g/mol. The maximum Gasteiger partial charge on any atom is 0.0558 e. The number of aliphatic hydroxyl groups excluding tert-OH is 1. The number of hydrogen-bond acceptors (Lipinski definition) is 4. The van der Waals surface area contributed by atoms with E-state index in [9.17, 15) is 0 Å². The maximum absolute atomic E-state index is 8.98. The average Bonchev–Trinajstić information content (AvgIpc) is 3.12. The summed E-state index contributed by atoms with van der Waals surface area (Å²) in [7, 11) is 0. The van der Waals surface area contributed by atoms with Gasteiger partial charge in [-0.3, -0.25) is 9.80 Å². The van der Waals surface area contributed by atoms with E-state index in [-0.39, 0.29) is 31.4 Å². The summed E-state index contributed by atoms with van der Waals surface area (Å²) in [5, 5.41) is 12.5. The van der Waals surface area contributed by atoms with Crippen LogP contribution in [-0.4, -0.2) is 67.3 Å². The summed E-state index contributed by atoms with van der Waals surface area (Å²) in [5.41, 5.74) is 2.76. The number of halogens is 2. The van der Waals surface area contributed by atoms with Gasteiger partial charge in [0.25, 0.3) is 0 Å². The minimum atomic E-state index is 0. The van der Waals surface area contributed by atoms with Gasteiger partial charge in [0.15, 0.2) is 0 Å². The highest BCUT2D eigenvalue weighted by Crippen LogP contribution is 2.34. The zero-order valence-corrected chi connectivity index (χ0v) is 16.7. The molecule has 0 radical (unpaired) electrons. The maximum atomic E-state index is 8.98. The molecule has 2 N–H and O–H groups in total. The Morgan fingerprint density at radius 2 is 1.44 bits per heavy atom. The standard InChI is InChI=1S/C19H31N3O.2ClH/c23-16-15-22-13-11-21(12-14-22)10-9-20-19-7-5-18(6-8-19)17-3-1-2-4-17;;/h5-8,17,20,23H,1-4,9-16H2;2*1H. The SMILES string of the molecule is Cl.Cl.OCCN1CCN(CCNc2ccc(C3CCCC3)cc2)CC1. The van der Waals surface area contributed by atoms with Crippen molar-refractivity contribution in [2.45, 2.75) is 31.6 Å². The highest BCUT2D eigenvalue weighted by molar-refractivity contribution is 5.85. The van der Waals surface area contributed by atoms with Gasteiger partial charge in [-0.25, -0.2) is 0 Å². The summed E-state index contributed by atoms with van der Waals surface area (Å²) < 4.78 is 0. The molecule has 1 aliphatic carbocycles. The van der Waals surface area contributed by atoms with Gasteiger partial charge in [-0.05, 0) is 36.5 Å². The van der Waals surface area contributed by atoms with Crippen molar-refractivity contribution in [2.75, 3.05) is 57.7 Å². The van der Waals surface area contributed by atoms with Crippen molar-refractivity contribution < 1.29 is 5.11 Å². The van der Waals surface area contributed by atoms with Gasteiger partial charge in [-0.15, -0.1) is 24.8 Å². The molecule has 1 aromatic rings. The van der Waals surface area contributed by atoms with Crippen LogP contribution in [0.3, 0.4) is 0 Å². The van der Waals surface area contributed by atoms with Crippen LogP contribution in [0.15, 0.2) is 24.3 Å². The molecule has 1 saturated carbocycles. The quantitative estimate of drug-likeness (QED) is 0.750. The van der Waals surface area contributed by atoms with Gasteiger partial charge in [0.05, 0.1) is 6.61 Å². The minimum absolute atomic E-state index is 0. The van der Waals surface area contributed by atoms with Crippen molar-refractivity contribution in [2.24, 2.45) is 0 Å². The van der Waals surface area contributed by atoms with Crippen LogP contribution in [-0.2, 0) is 0 Å². The first kappa shape index (κ1) is 22.5. The summed E-state index contributed by atoms with van der Waals surface area (Å²) in [5.74, 6) is 0.805. The zero-order valence-electron chi connectivity index (χ0n) is 15.0. The summed E-state index contributed by atoms with van der Waals surface area (Å²) >= 11 is 0. The summed E-state index contributed by atoms with van der Waals surface area (Å²) in [6.45, 7) is 7.58. The smallest absolute Gasteiger partial charge is 0.0558 e. The van der Waals surface area contributed by atoms with Crippen LogP contribution in [0.5, 0.6) is 0 Å². The first-order chi connectivity index (χ1) is 11.3. The Bertz CT molecular complexity index is 458. The fourth-order valence-electron chi connectivity index (χ4n) is 3.87. The predicted molar refractivity (Wildman–Crippen MR) is 111 cm³/mol. The highest BCUT2D eigenvalue weighted by atomic mass is 35.5. The van der Waals surface area contributed by atoms with E-state index in [4.69, 9.17) is 5.11 Å². The average molecular weight is 390 g/mol. The number of hydrogen-bond donors (Lipinski definition) is 2. The second-order valence-corrected chi connectivity index (χ2v) is 6.94. The van der Waals surface area contributed by atoms with E-state index < -0.39 is 0 Å². The molecule has 4 nitrogen and oxygen atoms in total. The Labute approximate surface area is 164 Å². The molecule has 2 fully saturated rings. The summed E-state index contributed by atoms with van der Waals surface area (Å²) in [6, 6.07) is 9.11. The van der Waals surface area contributed by atoms with E-state index in [1.165, 1.54) is 36.9 Å². The molecule has 0 bridgehead atoms. The lowest BCUT2D eigenvalue weighted by Gasteiger charge is -2.34. The Hall–Kier alpha value is -0.520. The number of rotatable bonds is 7. The number of benzene rings is 1. The third kappa shape index (κ3) is 6.95. The van der Waals surface area contributed by atoms with Crippen molar-refractivity contribution in [3.63, 3.8) is 0 Å². The van der Waals surface area contributed by atoms with Gasteiger partial charge in [-0.2, -0.15) is 0 Å². The minimum Gasteiger partial charge on any atom is -0.395 e. The first-order valence-corrected chi connectivity index (χ1v) is 9.24. The lowest BCUT2D eigenvalue weighted by molar-refractivity contribution is 0.115. The molecule has 3 rings (SSSR count). The Morgan fingerprint density at radius 1 is 0.880 bits per heavy atom. The number of aliphatic hydroxyl groups is 1. The number of nitrogens with zero attached hydrogens (tertiary/aromatic N) is 2. The fraction of sp³-hybridized carbons (Fsp3) is 0.684. The van der Waals surface area contributed by atoms with Crippen LogP contribution >= 0.6 is 24.8 Å². The summed E-state index contributed by atoms with van der Waals surface area (Å²) in [4.78, 5) is 4.85. The molecule has 0 amide bonds. The first-order valence-electron chi connectivity index (χ1n) is 9.24. The summed E-state index contributed by atoms with van der Waals surface area (Å²) in [6.07, 6.45) is 5.54. The Kier molecular flexibility index (Phi) is 10.8. The highest BCUT2D eigenvalue weighted by Gasteiger charge is 2.17. The molecule has 6 heteroatoms. The molecular formula is C19H33Cl2N3O. The van der Waals surface area contributed by atoms with Gasteiger partial charge in [0.2, 0.25) is 0 Å². The number of anilines is 1. The molecule has 0 spiro atoms. The van der Waals surface area contributed by atoms with E-state index in [1.54, 1.807) is 0 Å². The molecule has 0 unspecified atom stereocenters. The van der Waals surface area contributed by atoms with Gasteiger partial charge in [0, 0.05) is 51.5 Å². The third-order valence-electron chi connectivity index (χ3n) is 5.38. The predicted octanol–water partition coefficient (Wildman–Crippen LogP) is 3.21. The molecule has 0 aromatic heterocycles. The Morgan fingerprint density at radius 3 is 2.00 bits per heavy atom. The van der Waals surface area contributed by atoms with Crippen LogP contribution in [0.4, 0.5) is 5.69 Å². The van der Waals surface area contributed by atoms with Crippen LogP contribution in [0.1, 0.15) is 37.2 Å². The van der Waals surface area contributed by atoms with E-state index >= 15 is 0 Å². The molecule has 1 aromatic carbocycles. The van der Waals surface area contributed by atoms with Gasteiger partial charge in [0.1, 0.15) is 0 Å². The molecule has 1 saturated heterocycles. The molecule has 2 aliphatic rings. The molecule has 1 aliphatic heterocycles. The van der Waals surface area contributed by atoms with Gasteiger partial charge in [-0.1, -0.05) is 25.0 Å². The second kappa shape index (κ2) is 12.0. The third-order valence-corrected chi connectivity index (χ3v) is 5.38. The van der Waals surface area contributed by atoms with E-state index in [0.29, 0.717) is 0 Å². The fourth-order valence-corrected chi connectivity index (χ4v) is 3.87. The van der Waals surface area contributed by atoms with Crippen molar-refractivity contribution in [3.8, 4) is 0 Å². The normalized spacial score (nSPS) is 19.2. The number of piperazine rings is 1. The monoisotopic (exact) mass is 389 g/mol. The lowest BCUT2D eigenvalue weighted by atomic mass is 9.98. The largest absolute Gasteiger partial charge is 0.395 e. The molecule has 0 atom stereocenters. The van der Waals surface area contributed by atoms with Crippen molar-refractivity contribution >= 4 is 30.5 Å². The zero-order chi connectivity index (χ0) is 15.9. The topological polar surface area (TPSA) is 38.7 Å². The van der Waals surface area contributed by atoms with E-state index in [0.717, 1.165) is 51.7 Å². The number of β-amino-alcohol motifs (C(OH)–C–C–N with tert-alkyl or cyclic N) is 1. The van der Waals surface area contributed by atoms with E-state index in [2.05, 4.69) is 39.4 Å². The molecule has 25 heavy (non-hydrogen) atoms. The number of nitrogens with one attached hydrogen (secondary N) is 1. The van der Waals surface area contributed by atoms with Crippen molar-refractivity contribution in [1.29, 1.82) is 0 Å². The van der Waals surface area contributed by atoms with Gasteiger partial charge >= 0.3 is 0 Å². The second-order valence-electron chi connectivity index (χ2n) is 6.94. The van der Waals surface area contributed by atoms with E-state index in [1.807, 2.05) is 0 Å². The molecule has 144 valence electrons. The van der Waals surface area contributed by atoms with Crippen LogP contribution < -0.4 is 5.32 Å². The van der Waals surface area contributed by atoms with Crippen LogP contribution in [0, 0.1) is 0 Å². The van der Waals surface area contributed by atoms with Crippen molar-refractivity contribution in [3.05, 3.63) is 29.8 Å². The van der Waals surface area contributed by atoms with Crippen LogP contribution in [0.2, 0.25) is 0 Å². The van der Waals surface area contributed by atoms with Crippen molar-refractivity contribution in [1.82, 2.24) is 9.80 Å². The Balaban J connectivity index is 0.00000156. The molecule has 1 heterocycles. The lowest BCUT2D eigenvalue weighted by Crippen LogP contribution is -2.48. The van der Waals surface area contributed by atoms with Gasteiger partial charge < -0.3 is 10.4 Å².